The van der Waals surface area contributed by atoms with Crippen LogP contribution in [0.25, 0.3) is 6.08 Å². The maximum atomic E-state index is 5.91. The quantitative estimate of drug-likeness (QED) is 0.824. The van der Waals surface area contributed by atoms with Gasteiger partial charge in [-0.05, 0) is 44.9 Å². The summed E-state index contributed by atoms with van der Waals surface area (Å²) in [6.07, 6.45) is 5.44. The van der Waals surface area contributed by atoms with Crippen LogP contribution >= 0.6 is 0 Å². The van der Waals surface area contributed by atoms with E-state index in [1.54, 1.807) is 12.4 Å². The summed E-state index contributed by atoms with van der Waals surface area (Å²) in [6, 6.07) is 1.79. The maximum absolute atomic E-state index is 5.91. The third kappa shape index (κ3) is 3.52. The van der Waals surface area contributed by atoms with Crippen LogP contribution in [0.2, 0.25) is 0 Å². The third-order valence-electron chi connectivity index (χ3n) is 4.18. The summed E-state index contributed by atoms with van der Waals surface area (Å²) in [6.45, 7) is 8.52. The first-order chi connectivity index (χ1) is 9.75. The van der Waals surface area contributed by atoms with Crippen LogP contribution in [0.5, 0.6) is 0 Å². The number of pyridine rings is 1. The molecule has 1 fully saturated rings. The number of hydrogen-bond acceptors (Lipinski definition) is 5. The van der Waals surface area contributed by atoms with Crippen molar-refractivity contribution in [2.45, 2.75) is 44.9 Å². The van der Waals surface area contributed by atoms with Gasteiger partial charge in [0.15, 0.2) is 0 Å². The Morgan fingerprint density at radius 1 is 1.24 bits per heavy atom. The Kier molecular flexibility index (Phi) is 4.53. The molecule has 1 aromatic rings. The van der Waals surface area contributed by atoms with Gasteiger partial charge in [0.25, 0.3) is 0 Å². The first-order valence-corrected chi connectivity index (χ1v) is 7.19. The molecular weight excluding hydrogens is 265 g/mol. The summed E-state index contributed by atoms with van der Waals surface area (Å²) >= 11 is 0. The molecule has 1 aliphatic rings. The zero-order valence-electron chi connectivity index (χ0n) is 13.2. The van der Waals surface area contributed by atoms with Crippen LogP contribution in [0, 0.1) is 0 Å². The van der Waals surface area contributed by atoms with Crippen molar-refractivity contribution in [3.63, 3.8) is 0 Å². The van der Waals surface area contributed by atoms with Crippen LogP contribution in [0.3, 0.4) is 0 Å². The van der Waals surface area contributed by atoms with Gasteiger partial charge in [-0.2, -0.15) is 0 Å². The number of nitrogens with two attached hydrogens (primary N) is 2. The highest BCUT2D eigenvalue weighted by atomic mass is 16.7. The Labute approximate surface area is 126 Å². The summed E-state index contributed by atoms with van der Waals surface area (Å²) in [7, 11) is -0.359. The molecule has 2 heterocycles. The fourth-order valence-corrected chi connectivity index (χ4v) is 2.06. The Morgan fingerprint density at radius 2 is 1.86 bits per heavy atom. The summed E-state index contributed by atoms with van der Waals surface area (Å²) in [5.74, 6) is 1.89. The van der Waals surface area contributed by atoms with E-state index < -0.39 is 0 Å². The smallest absolute Gasteiger partial charge is 0.400 e. The number of nitrogens with zero attached hydrogens (tertiary/aromatic N) is 1. The van der Waals surface area contributed by atoms with Crippen molar-refractivity contribution in [3.05, 3.63) is 35.6 Å². The fraction of sp³-hybridized carbons (Fsp3) is 0.533. The number of aromatic nitrogens is 1. The Morgan fingerprint density at radius 3 is 2.43 bits per heavy atom. The third-order valence-corrected chi connectivity index (χ3v) is 4.18. The maximum Gasteiger partial charge on any atom is 0.487 e. The first-order valence-electron chi connectivity index (χ1n) is 7.19. The number of rotatable bonds is 4. The average molecular weight is 289 g/mol. The predicted molar refractivity (Wildman–Crippen MR) is 85.3 cm³/mol. The van der Waals surface area contributed by atoms with E-state index in [0.29, 0.717) is 6.54 Å². The molecule has 0 radical (unpaired) electrons. The topological polar surface area (TPSA) is 83.4 Å². The zero-order valence-corrected chi connectivity index (χ0v) is 13.2. The van der Waals surface area contributed by atoms with Crippen molar-refractivity contribution < 1.29 is 9.31 Å². The second-order valence-corrected chi connectivity index (χ2v) is 6.38. The predicted octanol–water partition coefficient (Wildman–Crippen LogP) is 1.68. The van der Waals surface area contributed by atoms with Crippen molar-refractivity contribution in [1.82, 2.24) is 4.98 Å². The zero-order chi connectivity index (χ0) is 15.7. The summed E-state index contributed by atoms with van der Waals surface area (Å²) in [5.41, 5.74) is 12.7. The lowest BCUT2D eigenvalue weighted by atomic mass is 9.89. The van der Waals surface area contributed by atoms with E-state index in [0.717, 1.165) is 11.1 Å². The largest absolute Gasteiger partial charge is 0.487 e. The standard InChI is InChI=1S/C15H24BN3O2/c1-14(2)15(3,4)21-16(20-14)6-5-11-7-12(10-19-9-11)13(18)8-17/h5-7,9-10,13H,8,17-18H2,1-4H3/b6-5+/t13-/m1/s1. The first kappa shape index (κ1) is 16.2. The molecule has 5 nitrogen and oxygen atoms in total. The molecular formula is C15H24BN3O2. The minimum absolute atomic E-state index is 0.192. The molecule has 6 heteroatoms. The lowest BCUT2D eigenvalue weighted by Gasteiger charge is -2.32. The van der Waals surface area contributed by atoms with Gasteiger partial charge >= 0.3 is 7.12 Å². The normalized spacial score (nSPS) is 21.9. The highest BCUT2D eigenvalue weighted by Crippen LogP contribution is 2.37. The highest BCUT2D eigenvalue weighted by Gasteiger charge is 2.49. The summed E-state index contributed by atoms with van der Waals surface area (Å²) in [5, 5.41) is 0. The van der Waals surface area contributed by atoms with Crippen molar-refractivity contribution in [1.29, 1.82) is 0 Å². The SMILES string of the molecule is CC1(C)OB(/C=C/c2cncc([C@H](N)CN)c2)OC1(C)C. The van der Waals surface area contributed by atoms with Gasteiger partial charge in [0.1, 0.15) is 0 Å². The van der Waals surface area contributed by atoms with Gasteiger partial charge in [-0.25, -0.2) is 0 Å². The van der Waals surface area contributed by atoms with E-state index in [9.17, 15) is 0 Å². The van der Waals surface area contributed by atoms with Gasteiger partial charge in [-0.15, -0.1) is 0 Å². The average Bonchev–Trinajstić information content (AvgIpc) is 2.64. The van der Waals surface area contributed by atoms with E-state index in [2.05, 4.69) is 4.98 Å². The molecule has 0 saturated carbocycles. The molecule has 2 rings (SSSR count). The van der Waals surface area contributed by atoms with E-state index in [1.807, 2.05) is 45.8 Å². The van der Waals surface area contributed by atoms with Gasteiger partial charge in [-0.3, -0.25) is 4.98 Å². The van der Waals surface area contributed by atoms with Gasteiger partial charge in [-0.1, -0.05) is 12.1 Å². The molecule has 1 atom stereocenters. The van der Waals surface area contributed by atoms with Crippen LogP contribution in [0.1, 0.15) is 44.9 Å². The lowest BCUT2D eigenvalue weighted by Crippen LogP contribution is -2.41. The van der Waals surface area contributed by atoms with E-state index >= 15 is 0 Å². The van der Waals surface area contributed by atoms with E-state index in [-0.39, 0.29) is 24.4 Å². The van der Waals surface area contributed by atoms with Crippen molar-refractivity contribution >= 4 is 13.2 Å². The molecule has 0 aromatic carbocycles. The molecule has 0 bridgehead atoms. The molecule has 0 unspecified atom stereocenters. The van der Waals surface area contributed by atoms with Crippen LogP contribution < -0.4 is 11.5 Å². The molecule has 0 amide bonds. The highest BCUT2D eigenvalue weighted by molar-refractivity contribution is 6.52. The van der Waals surface area contributed by atoms with Crippen LogP contribution in [0.4, 0.5) is 0 Å². The minimum Gasteiger partial charge on any atom is -0.400 e. The van der Waals surface area contributed by atoms with Crippen molar-refractivity contribution in [2.75, 3.05) is 6.54 Å². The molecule has 0 spiro atoms. The van der Waals surface area contributed by atoms with Crippen LogP contribution in [-0.2, 0) is 9.31 Å². The monoisotopic (exact) mass is 289 g/mol. The second-order valence-electron chi connectivity index (χ2n) is 6.38. The summed E-state index contributed by atoms with van der Waals surface area (Å²) in [4.78, 5) is 4.19. The van der Waals surface area contributed by atoms with E-state index in [4.69, 9.17) is 20.8 Å². The van der Waals surface area contributed by atoms with Gasteiger partial charge in [0.05, 0.1) is 11.2 Å². The van der Waals surface area contributed by atoms with Crippen molar-refractivity contribution in [3.8, 4) is 0 Å². The van der Waals surface area contributed by atoms with E-state index in [1.165, 1.54) is 0 Å². The molecule has 1 aliphatic heterocycles. The molecule has 21 heavy (non-hydrogen) atoms. The fourth-order valence-electron chi connectivity index (χ4n) is 2.06. The second kappa shape index (κ2) is 5.89. The van der Waals surface area contributed by atoms with Crippen LogP contribution in [0.15, 0.2) is 24.4 Å². The summed E-state index contributed by atoms with van der Waals surface area (Å²) < 4.78 is 11.8. The molecule has 0 aliphatic carbocycles. The molecule has 4 N–H and O–H groups in total. The van der Waals surface area contributed by atoms with Crippen LogP contribution in [-0.4, -0.2) is 29.8 Å². The number of hydrogen-bond donors (Lipinski definition) is 2. The molecule has 1 saturated heterocycles. The van der Waals surface area contributed by atoms with Gasteiger partial charge in [0, 0.05) is 25.0 Å². The Bertz CT molecular complexity index is 515. The Balaban J connectivity index is 2.09. The molecule has 114 valence electrons. The van der Waals surface area contributed by atoms with Crippen molar-refractivity contribution in [2.24, 2.45) is 11.5 Å². The lowest BCUT2D eigenvalue weighted by molar-refractivity contribution is 0.00578. The van der Waals surface area contributed by atoms with Gasteiger partial charge in [0.2, 0.25) is 0 Å². The molecule has 1 aromatic heterocycles. The Hall–Kier alpha value is -1.21. The van der Waals surface area contributed by atoms with Gasteiger partial charge < -0.3 is 20.8 Å². The minimum atomic E-state index is -0.359.